The van der Waals surface area contributed by atoms with Crippen LogP contribution in [-0.4, -0.2) is 36.5 Å². The van der Waals surface area contributed by atoms with Gasteiger partial charge in [-0.15, -0.1) is 0 Å². The van der Waals surface area contributed by atoms with Gasteiger partial charge in [-0.3, -0.25) is 4.79 Å². The number of hydrogen-bond acceptors (Lipinski definition) is 2. The first-order chi connectivity index (χ1) is 12.2. The van der Waals surface area contributed by atoms with Crippen LogP contribution in [0, 0.1) is 6.92 Å². The lowest BCUT2D eigenvalue weighted by Crippen LogP contribution is -2.47. The van der Waals surface area contributed by atoms with Gasteiger partial charge in [0.2, 0.25) is 5.91 Å². The molecule has 0 aromatic heterocycles. The standard InChI is InChI=1S/C22H28N2O/c1-18-7-9-19(10-8-18)13-16-24(21-11-14-23-15-12-21)22(25)17-20-5-3-2-4-6-20/h2-10,21,23H,11-17H2,1H3. The van der Waals surface area contributed by atoms with Crippen molar-refractivity contribution in [1.29, 1.82) is 0 Å². The molecule has 1 fully saturated rings. The van der Waals surface area contributed by atoms with Crippen molar-refractivity contribution in [3.05, 3.63) is 71.3 Å². The molecule has 1 aliphatic heterocycles. The largest absolute Gasteiger partial charge is 0.339 e. The summed E-state index contributed by atoms with van der Waals surface area (Å²) in [6, 6.07) is 19.1. The van der Waals surface area contributed by atoms with E-state index in [4.69, 9.17) is 0 Å². The van der Waals surface area contributed by atoms with E-state index in [0.29, 0.717) is 12.5 Å². The average molecular weight is 336 g/mol. The van der Waals surface area contributed by atoms with Gasteiger partial charge < -0.3 is 10.2 Å². The van der Waals surface area contributed by atoms with Crippen molar-refractivity contribution < 1.29 is 4.79 Å². The summed E-state index contributed by atoms with van der Waals surface area (Å²) in [5.74, 6) is 0.255. The van der Waals surface area contributed by atoms with Gasteiger partial charge in [0, 0.05) is 12.6 Å². The number of rotatable bonds is 6. The molecule has 132 valence electrons. The number of amides is 1. The Hall–Kier alpha value is -2.13. The minimum absolute atomic E-state index is 0.255. The van der Waals surface area contributed by atoms with Gasteiger partial charge in [-0.2, -0.15) is 0 Å². The Morgan fingerprint density at radius 3 is 2.36 bits per heavy atom. The Morgan fingerprint density at radius 2 is 1.68 bits per heavy atom. The Kier molecular flexibility index (Phi) is 6.24. The first-order valence-electron chi connectivity index (χ1n) is 9.32. The molecule has 1 aliphatic rings. The number of carbonyl (C=O) groups is 1. The topological polar surface area (TPSA) is 32.3 Å². The smallest absolute Gasteiger partial charge is 0.227 e. The lowest BCUT2D eigenvalue weighted by atomic mass is 10.0. The zero-order valence-electron chi connectivity index (χ0n) is 15.1. The van der Waals surface area contributed by atoms with Crippen LogP contribution in [0.15, 0.2) is 54.6 Å². The van der Waals surface area contributed by atoms with Crippen molar-refractivity contribution >= 4 is 5.91 Å². The van der Waals surface area contributed by atoms with Crippen LogP contribution < -0.4 is 5.32 Å². The third kappa shape index (κ3) is 5.17. The molecular formula is C22H28N2O. The second-order valence-corrected chi connectivity index (χ2v) is 6.97. The lowest BCUT2D eigenvalue weighted by Gasteiger charge is -2.35. The van der Waals surface area contributed by atoms with Crippen molar-refractivity contribution in [1.82, 2.24) is 10.2 Å². The van der Waals surface area contributed by atoms with Gasteiger partial charge in [0.15, 0.2) is 0 Å². The summed E-state index contributed by atoms with van der Waals surface area (Å²) in [5.41, 5.74) is 3.68. The highest BCUT2D eigenvalue weighted by molar-refractivity contribution is 5.79. The van der Waals surface area contributed by atoms with E-state index in [1.54, 1.807) is 0 Å². The van der Waals surface area contributed by atoms with Crippen LogP contribution in [0.4, 0.5) is 0 Å². The summed E-state index contributed by atoms with van der Waals surface area (Å²) in [5, 5.41) is 3.40. The van der Waals surface area contributed by atoms with Gasteiger partial charge in [-0.1, -0.05) is 60.2 Å². The normalized spacial score (nSPS) is 15.1. The first-order valence-corrected chi connectivity index (χ1v) is 9.32. The Morgan fingerprint density at radius 1 is 1.00 bits per heavy atom. The molecular weight excluding hydrogens is 308 g/mol. The SMILES string of the molecule is Cc1ccc(CCN(C(=O)Cc2ccccc2)C2CCNCC2)cc1. The molecule has 0 saturated carbocycles. The molecule has 1 heterocycles. The third-order valence-electron chi connectivity index (χ3n) is 5.03. The highest BCUT2D eigenvalue weighted by Crippen LogP contribution is 2.16. The van der Waals surface area contributed by atoms with E-state index in [-0.39, 0.29) is 5.91 Å². The van der Waals surface area contributed by atoms with Crippen LogP contribution in [0.1, 0.15) is 29.5 Å². The molecule has 2 aromatic carbocycles. The van der Waals surface area contributed by atoms with E-state index in [2.05, 4.69) is 41.4 Å². The minimum Gasteiger partial charge on any atom is -0.339 e. The summed E-state index contributed by atoms with van der Waals surface area (Å²) in [6.07, 6.45) is 3.52. The predicted molar refractivity (Wildman–Crippen MR) is 103 cm³/mol. The van der Waals surface area contributed by atoms with Gasteiger partial charge >= 0.3 is 0 Å². The third-order valence-corrected chi connectivity index (χ3v) is 5.03. The summed E-state index contributed by atoms with van der Waals surface area (Å²) >= 11 is 0. The average Bonchev–Trinajstić information content (AvgIpc) is 2.65. The number of carbonyl (C=O) groups excluding carboxylic acids is 1. The Bertz CT molecular complexity index is 660. The maximum Gasteiger partial charge on any atom is 0.227 e. The highest BCUT2D eigenvalue weighted by Gasteiger charge is 2.25. The molecule has 1 saturated heterocycles. The number of nitrogens with one attached hydrogen (secondary N) is 1. The van der Waals surface area contributed by atoms with E-state index in [1.807, 2.05) is 30.3 Å². The molecule has 25 heavy (non-hydrogen) atoms. The zero-order chi connectivity index (χ0) is 17.5. The van der Waals surface area contributed by atoms with Crippen molar-refractivity contribution in [2.24, 2.45) is 0 Å². The van der Waals surface area contributed by atoms with Crippen LogP contribution in [0.5, 0.6) is 0 Å². The molecule has 0 aliphatic carbocycles. The summed E-state index contributed by atoms with van der Waals surface area (Å²) in [4.78, 5) is 15.1. The van der Waals surface area contributed by atoms with Crippen LogP contribution in [0.25, 0.3) is 0 Å². The van der Waals surface area contributed by atoms with Gasteiger partial charge in [-0.25, -0.2) is 0 Å². The number of nitrogens with zero attached hydrogens (tertiary/aromatic N) is 1. The van der Waals surface area contributed by atoms with E-state index >= 15 is 0 Å². The molecule has 0 atom stereocenters. The summed E-state index contributed by atoms with van der Waals surface area (Å²) in [7, 11) is 0. The lowest BCUT2D eigenvalue weighted by molar-refractivity contribution is -0.133. The van der Waals surface area contributed by atoms with Crippen molar-refractivity contribution in [2.45, 2.75) is 38.6 Å². The molecule has 0 radical (unpaired) electrons. The molecule has 2 aromatic rings. The second-order valence-electron chi connectivity index (χ2n) is 6.97. The molecule has 3 nitrogen and oxygen atoms in total. The molecule has 0 unspecified atom stereocenters. The van der Waals surface area contributed by atoms with Crippen LogP contribution in [0.2, 0.25) is 0 Å². The number of piperidine rings is 1. The van der Waals surface area contributed by atoms with Crippen molar-refractivity contribution in [2.75, 3.05) is 19.6 Å². The predicted octanol–water partition coefficient (Wildman–Crippen LogP) is 3.36. The molecule has 3 heteroatoms. The molecule has 0 spiro atoms. The minimum atomic E-state index is 0.255. The summed E-state index contributed by atoms with van der Waals surface area (Å²) < 4.78 is 0. The quantitative estimate of drug-likeness (QED) is 0.877. The van der Waals surface area contributed by atoms with Gasteiger partial charge in [0.25, 0.3) is 0 Å². The van der Waals surface area contributed by atoms with Crippen LogP contribution in [0.3, 0.4) is 0 Å². The molecule has 1 N–H and O–H groups in total. The van der Waals surface area contributed by atoms with Crippen molar-refractivity contribution in [3.63, 3.8) is 0 Å². The maximum absolute atomic E-state index is 13.0. The number of aryl methyl sites for hydroxylation is 1. The molecule has 3 rings (SSSR count). The van der Waals surface area contributed by atoms with Crippen molar-refractivity contribution in [3.8, 4) is 0 Å². The van der Waals surface area contributed by atoms with E-state index in [1.165, 1.54) is 11.1 Å². The fourth-order valence-electron chi connectivity index (χ4n) is 3.51. The van der Waals surface area contributed by atoms with Gasteiger partial charge in [-0.05, 0) is 50.4 Å². The second kappa shape index (κ2) is 8.82. The first kappa shape index (κ1) is 17.7. The van der Waals surface area contributed by atoms with Crippen LogP contribution >= 0.6 is 0 Å². The van der Waals surface area contributed by atoms with E-state index < -0.39 is 0 Å². The highest BCUT2D eigenvalue weighted by atomic mass is 16.2. The fraction of sp³-hybridized carbons (Fsp3) is 0.409. The zero-order valence-corrected chi connectivity index (χ0v) is 15.1. The number of hydrogen-bond donors (Lipinski definition) is 1. The Balaban J connectivity index is 1.67. The Labute approximate surface area is 151 Å². The maximum atomic E-state index is 13.0. The van der Waals surface area contributed by atoms with E-state index in [9.17, 15) is 4.79 Å². The van der Waals surface area contributed by atoms with Gasteiger partial charge in [0.1, 0.15) is 0 Å². The fourth-order valence-corrected chi connectivity index (χ4v) is 3.51. The van der Waals surface area contributed by atoms with Gasteiger partial charge in [0.05, 0.1) is 6.42 Å². The summed E-state index contributed by atoms with van der Waals surface area (Å²) in [6.45, 7) is 4.92. The number of benzene rings is 2. The molecule has 1 amide bonds. The van der Waals surface area contributed by atoms with Crippen LogP contribution in [-0.2, 0) is 17.6 Å². The molecule has 0 bridgehead atoms. The monoisotopic (exact) mass is 336 g/mol. The van der Waals surface area contributed by atoms with E-state index in [0.717, 1.165) is 44.5 Å².